The first-order valence-electron chi connectivity index (χ1n) is 8.11. The number of rotatable bonds is 3. The van der Waals surface area contributed by atoms with E-state index in [0.29, 0.717) is 18.5 Å². The fourth-order valence-electron chi connectivity index (χ4n) is 3.47. The Kier molecular flexibility index (Phi) is 4.32. The Labute approximate surface area is 126 Å². The van der Waals surface area contributed by atoms with Crippen molar-refractivity contribution >= 4 is 17.3 Å². The maximum Gasteiger partial charge on any atom is 0.239 e. The summed E-state index contributed by atoms with van der Waals surface area (Å²) >= 11 is 0. The van der Waals surface area contributed by atoms with E-state index in [9.17, 15) is 4.79 Å². The largest absolute Gasteiger partial charge is 0.382 e. The lowest BCUT2D eigenvalue weighted by Crippen LogP contribution is -2.47. The number of carbonyl (C=O) groups excluding carboxylic acids is 1. The maximum atomic E-state index is 12.4. The summed E-state index contributed by atoms with van der Waals surface area (Å²) in [5.41, 5.74) is 2.26. The van der Waals surface area contributed by atoms with Crippen LogP contribution in [0.4, 0.5) is 11.4 Å². The van der Waals surface area contributed by atoms with E-state index in [1.165, 1.54) is 19.3 Å². The Morgan fingerprint density at radius 1 is 1.33 bits per heavy atom. The second-order valence-electron chi connectivity index (χ2n) is 6.30. The summed E-state index contributed by atoms with van der Waals surface area (Å²) in [6.07, 6.45) is 4.91. The summed E-state index contributed by atoms with van der Waals surface area (Å²) < 4.78 is 0. The topological polar surface area (TPSA) is 44.4 Å². The number of amides is 1. The number of anilines is 2. The molecule has 0 bridgehead atoms. The zero-order valence-corrected chi connectivity index (χ0v) is 12.8. The molecule has 2 N–H and O–H groups in total. The van der Waals surface area contributed by atoms with Crippen LogP contribution < -0.4 is 15.5 Å². The van der Waals surface area contributed by atoms with E-state index in [2.05, 4.69) is 34.6 Å². The standard InChI is InChI=1S/C17H25N3O/c1-13-6-2-3-7-14(13)19-17(21)12-20-11-10-18-15-8-4-5-9-16(15)20/h4-5,8-9,13-14,18H,2-3,6-7,10-12H2,1H3,(H,19,21). The lowest BCUT2D eigenvalue weighted by molar-refractivity contribution is -0.121. The van der Waals surface area contributed by atoms with Gasteiger partial charge in [-0.1, -0.05) is 31.9 Å². The molecule has 1 amide bonds. The van der Waals surface area contributed by atoms with Gasteiger partial charge in [0.2, 0.25) is 5.91 Å². The van der Waals surface area contributed by atoms with Gasteiger partial charge in [0.15, 0.2) is 0 Å². The number of fused-ring (bicyclic) bond motifs is 1. The quantitative estimate of drug-likeness (QED) is 0.898. The van der Waals surface area contributed by atoms with Crippen LogP contribution in [0.25, 0.3) is 0 Å². The van der Waals surface area contributed by atoms with Gasteiger partial charge in [0.25, 0.3) is 0 Å². The zero-order chi connectivity index (χ0) is 14.7. The van der Waals surface area contributed by atoms with Crippen LogP contribution in [0.3, 0.4) is 0 Å². The molecule has 0 aromatic heterocycles. The number of nitrogens with zero attached hydrogens (tertiary/aromatic N) is 1. The molecular weight excluding hydrogens is 262 g/mol. The summed E-state index contributed by atoms with van der Waals surface area (Å²) in [4.78, 5) is 14.5. The molecule has 3 rings (SSSR count). The number of hydrogen-bond donors (Lipinski definition) is 2. The van der Waals surface area contributed by atoms with Crippen LogP contribution in [0.1, 0.15) is 32.6 Å². The van der Waals surface area contributed by atoms with Gasteiger partial charge >= 0.3 is 0 Å². The van der Waals surface area contributed by atoms with E-state index in [4.69, 9.17) is 0 Å². The highest BCUT2D eigenvalue weighted by atomic mass is 16.2. The monoisotopic (exact) mass is 287 g/mol. The molecule has 114 valence electrons. The molecule has 1 aromatic carbocycles. The number of carbonyl (C=O) groups is 1. The Hall–Kier alpha value is -1.71. The molecule has 1 heterocycles. The van der Waals surface area contributed by atoms with Crippen molar-refractivity contribution in [2.24, 2.45) is 5.92 Å². The van der Waals surface area contributed by atoms with Crippen molar-refractivity contribution in [2.45, 2.75) is 38.6 Å². The average Bonchev–Trinajstić information content (AvgIpc) is 2.50. The molecule has 2 aliphatic rings. The second kappa shape index (κ2) is 6.37. The van der Waals surface area contributed by atoms with Gasteiger partial charge in [-0.3, -0.25) is 4.79 Å². The fraction of sp³-hybridized carbons (Fsp3) is 0.588. The van der Waals surface area contributed by atoms with Crippen LogP contribution in [0.15, 0.2) is 24.3 Å². The predicted octanol–water partition coefficient (Wildman–Crippen LogP) is 2.61. The molecule has 1 aromatic rings. The van der Waals surface area contributed by atoms with Crippen molar-refractivity contribution in [3.63, 3.8) is 0 Å². The van der Waals surface area contributed by atoms with Crippen LogP contribution in [0, 0.1) is 5.92 Å². The average molecular weight is 287 g/mol. The van der Waals surface area contributed by atoms with Crippen molar-refractivity contribution < 1.29 is 4.79 Å². The molecule has 0 spiro atoms. The third-order valence-corrected chi connectivity index (χ3v) is 4.73. The molecule has 1 aliphatic heterocycles. The summed E-state index contributed by atoms with van der Waals surface area (Å²) in [7, 11) is 0. The van der Waals surface area contributed by atoms with E-state index < -0.39 is 0 Å². The first-order chi connectivity index (χ1) is 10.2. The van der Waals surface area contributed by atoms with Gasteiger partial charge in [-0.05, 0) is 30.9 Å². The molecule has 4 heteroatoms. The third-order valence-electron chi connectivity index (χ3n) is 4.73. The molecule has 1 saturated carbocycles. The molecule has 1 aliphatic carbocycles. The minimum Gasteiger partial charge on any atom is -0.382 e. The third kappa shape index (κ3) is 3.31. The van der Waals surface area contributed by atoms with Gasteiger partial charge in [0.1, 0.15) is 0 Å². The van der Waals surface area contributed by atoms with E-state index in [-0.39, 0.29) is 5.91 Å². The highest BCUT2D eigenvalue weighted by Gasteiger charge is 2.24. The van der Waals surface area contributed by atoms with Crippen LogP contribution in [0.5, 0.6) is 0 Å². The van der Waals surface area contributed by atoms with Crippen molar-refractivity contribution in [1.82, 2.24) is 5.32 Å². The van der Waals surface area contributed by atoms with Crippen LogP contribution in [-0.2, 0) is 4.79 Å². The highest BCUT2D eigenvalue weighted by molar-refractivity contribution is 5.84. The van der Waals surface area contributed by atoms with Gasteiger partial charge < -0.3 is 15.5 Å². The molecule has 1 fully saturated rings. The van der Waals surface area contributed by atoms with Crippen molar-refractivity contribution in [3.8, 4) is 0 Å². The van der Waals surface area contributed by atoms with Crippen LogP contribution >= 0.6 is 0 Å². The van der Waals surface area contributed by atoms with Crippen molar-refractivity contribution in [1.29, 1.82) is 0 Å². The Morgan fingerprint density at radius 3 is 3.00 bits per heavy atom. The maximum absolute atomic E-state index is 12.4. The molecule has 0 radical (unpaired) electrons. The molecule has 2 unspecified atom stereocenters. The summed E-state index contributed by atoms with van der Waals surface area (Å²) in [5, 5.41) is 6.63. The minimum absolute atomic E-state index is 0.158. The Morgan fingerprint density at radius 2 is 2.14 bits per heavy atom. The first kappa shape index (κ1) is 14.2. The number of hydrogen-bond acceptors (Lipinski definition) is 3. The smallest absolute Gasteiger partial charge is 0.239 e. The summed E-state index contributed by atoms with van der Waals surface area (Å²) in [6.45, 7) is 4.49. The predicted molar refractivity (Wildman–Crippen MR) is 86.7 cm³/mol. The van der Waals surface area contributed by atoms with Gasteiger partial charge in [0.05, 0.1) is 17.9 Å². The Balaban J connectivity index is 1.60. The van der Waals surface area contributed by atoms with Crippen molar-refractivity contribution in [3.05, 3.63) is 24.3 Å². The number of para-hydroxylation sites is 2. The number of benzene rings is 1. The normalized spacial score (nSPS) is 24.9. The van der Waals surface area contributed by atoms with E-state index in [0.717, 1.165) is 30.9 Å². The first-order valence-corrected chi connectivity index (χ1v) is 8.11. The van der Waals surface area contributed by atoms with E-state index in [1.54, 1.807) is 0 Å². The summed E-state index contributed by atoms with van der Waals surface area (Å²) in [6, 6.07) is 8.57. The molecule has 21 heavy (non-hydrogen) atoms. The summed E-state index contributed by atoms with van der Waals surface area (Å²) in [5.74, 6) is 0.767. The van der Waals surface area contributed by atoms with Crippen molar-refractivity contribution in [2.75, 3.05) is 29.9 Å². The van der Waals surface area contributed by atoms with Crippen LogP contribution in [-0.4, -0.2) is 31.6 Å². The van der Waals surface area contributed by atoms with Gasteiger partial charge in [-0.2, -0.15) is 0 Å². The molecular formula is C17H25N3O. The lowest BCUT2D eigenvalue weighted by Gasteiger charge is -2.33. The molecule has 2 atom stereocenters. The van der Waals surface area contributed by atoms with E-state index >= 15 is 0 Å². The number of nitrogens with one attached hydrogen (secondary N) is 2. The second-order valence-corrected chi connectivity index (χ2v) is 6.30. The van der Waals surface area contributed by atoms with Gasteiger partial charge in [-0.15, -0.1) is 0 Å². The molecule has 0 saturated heterocycles. The van der Waals surface area contributed by atoms with Crippen LogP contribution in [0.2, 0.25) is 0 Å². The minimum atomic E-state index is 0.158. The Bertz CT molecular complexity index is 503. The van der Waals surface area contributed by atoms with Gasteiger partial charge in [-0.25, -0.2) is 0 Å². The lowest BCUT2D eigenvalue weighted by atomic mass is 9.86. The SMILES string of the molecule is CC1CCCCC1NC(=O)CN1CCNc2ccccc21. The highest BCUT2D eigenvalue weighted by Crippen LogP contribution is 2.28. The zero-order valence-electron chi connectivity index (χ0n) is 12.8. The molecule has 4 nitrogen and oxygen atoms in total. The van der Waals surface area contributed by atoms with Gasteiger partial charge in [0, 0.05) is 19.1 Å². The fourth-order valence-corrected chi connectivity index (χ4v) is 3.47. The van der Waals surface area contributed by atoms with E-state index in [1.807, 2.05) is 12.1 Å².